The third-order valence-electron chi connectivity index (χ3n) is 2.94. The maximum absolute atomic E-state index is 13.0. The van der Waals surface area contributed by atoms with E-state index in [0.717, 1.165) is 0 Å². The molecule has 1 fully saturated rings. The van der Waals surface area contributed by atoms with Crippen molar-refractivity contribution in [3.05, 3.63) is 0 Å². The van der Waals surface area contributed by atoms with Gasteiger partial charge in [-0.3, -0.25) is 0 Å². The molecule has 25 heavy (non-hydrogen) atoms. The summed E-state index contributed by atoms with van der Waals surface area (Å²) in [6, 6.07) is 0. The van der Waals surface area contributed by atoms with Gasteiger partial charge in [-0.05, 0) is 0 Å². The number of thiol groups is 1. The summed E-state index contributed by atoms with van der Waals surface area (Å²) in [7, 11) is -18.3. The largest absolute Gasteiger partial charge is 0.355 e. The zero-order valence-corrected chi connectivity index (χ0v) is 18.5. The number of rotatable bonds is 9. The lowest BCUT2D eigenvalue weighted by molar-refractivity contribution is 0.427. The Kier molecular flexibility index (Phi) is 7.93. The maximum atomic E-state index is 13.0. The van der Waals surface area contributed by atoms with Crippen LogP contribution in [0.25, 0.3) is 0 Å². The second-order valence-electron chi connectivity index (χ2n) is 4.51. The zero-order valence-electron chi connectivity index (χ0n) is 12.6. The second kappa shape index (κ2) is 8.22. The lowest BCUT2D eigenvalue weighted by atomic mass is 10.8. The second-order valence-corrected chi connectivity index (χ2v) is 32.4. The van der Waals surface area contributed by atoms with E-state index in [1.165, 1.54) is 0 Å². The van der Waals surface area contributed by atoms with Crippen LogP contribution in [0.15, 0.2) is 0 Å². The van der Waals surface area contributed by atoms with Crippen molar-refractivity contribution in [2.24, 2.45) is 17.2 Å². The predicted molar refractivity (Wildman–Crippen MR) is 104 cm³/mol. The van der Waals surface area contributed by atoms with Gasteiger partial charge in [-0.1, -0.05) is 0 Å². The molecule has 0 aromatic heterocycles. The van der Waals surface area contributed by atoms with Crippen molar-refractivity contribution in [2.45, 2.75) is 0 Å². The van der Waals surface area contributed by atoms with Crippen LogP contribution in [0.3, 0.4) is 0 Å². The Morgan fingerprint density at radius 3 is 1.48 bits per heavy atom. The molecule has 0 amide bonds. The van der Waals surface area contributed by atoms with Crippen LogP contribution in [0.4, 0.5) is 0 Å². The monoisotopic (exact) mass is 501 g/mol. The molecule has 1 heterocycles. The fourth-order valence-corrected chi connectivity index (χ4v) is 51.5. The summed E-state index contributed by atoms with van der Waals surface area (Å²) < 4.78 is 87.8. The van der Waals surface area contributed by atoms with Crippen LogP contribution in [0.1, 0.15) is 0 Å². The van der Waals surface area contributed by atoms with Crippen molar-refractivity contribution in [1.82, 2.24) is 0 Å². The quantitative estimate of drug-likeness (QED) is 0.103. The first-order chi connectivity index (χ1) is 11.4. The Balaban J connectivity index is 4.12. The molecule has 0 aliphatic carbocycles. The maximum Gasteiger partial charge on any atom is 0.355 e. The van der Waals surface area contributed by atoms with E-state index in [-0.39, 0.29) is 20.9 Å². The van der Waals surface area contributed by atoms with Gasteiger partial charge in [0.2, 0.25) is 26.6 Å². The van der Waals surface area contributed by atoms with Crippen molar-refractivity contribution in [3.63, 3.8) is 0 Å². The average molecular weight is 502 g/mol. The standard InChI is InChI=1S/C6H20N3O9PS6/c7-1-4-22(11,12)25(23(13,14)5-2-8,24(15,16)6-3-9)18-19(10)17-20-21-25/h10,25H,1-9H2. The van der Waals surface area contributed by atoms with Crippen LogP contribution >= 0.6 is 35.1 Å². The van der Waals surface area contributed by atoms with Crippen molar-refractivity contribution >= 4 is 61.7 Å². The van der Waals surface area contributed by atoms with E-state index >= 15 is 0 Å². The molecule has 0 spiro atoms. The Bertz CT molecular complexity index is 707. The molecule has 0 saturated carbocycles. The SMILES string of the molecule is NCCS(=O)(=O)[SH]1(S(=O)(=O)CCN)(S(=O)(=O)CCN)OP(O)OSS1. The van der Waals surface area contributed by atoms with Gasteiger partial charge < -0.3 is 22.1 Å². The summed E-state index contributed by atoms with van der Waals surface area (Å²) >= 11 is 0.136. The van der Waals surface area contributed by atoms with Gasteiger partial charge in [-0.15, -0.1) is 0 Å². The molecule has 1 aliphatic rings. The smallest absolute Gasteiger partial charge is 0.329 e. The first-order valence-corrected chi connectivity index (χ1v) is 19.1. The normalized spacial score (nSPS) is 25.8. The molecule has 0 aromatic carbocycles. The molecule has 1 rings (SSSR count). The summed E-state index contributed by atoms with van der Waals surface area (Å²) in [5.74, 6) is -2.97. The van der Waals surface area contributed by atoms with Crippen LogP contribution < -0.4 is 17.2 Å². The summed E-state index contributed by atoms with van der Waals surface area (Å²) in [5.41, 5.74) is 9.40. The van der Waals surface area contributed by atoms with E-state index in [0.29, 0.717) is 0 Å². The van der Waals surface area contributed by atoms with Gasteiger partial charge in [0.1, 0.15) is 0 Å². The molecule has 1 saturated heterocycles. The van der Waals surface area contributed by atoms with E-state index in [1.807, 2.05) is 0 Å². The molecule has 7 N–H and O–H groups in total. The van der Waals surface area contributed by atoms with E-state index in [2.05, 4.69) is 3.97 Å². The molecule has 1 atom stereocenters. The molecule has 0 radical (unpaired) electrons. The van der Waals surface area contributed by atoms with Crippen LogP contribution in [-0.2, 0) is 34.5 Å². The minimum Gasteiger partial charge on any atom is -0.329 e. The number of hydrogen-bond donors (Lipinski definition) is 5. The number of hydrogen-bond acceptors (Lipinski definition) is 14. The van der Waals surface area contributed by atoms with Gasteiger partial charge in [0.25, 0.3) is 0 Å². The fourth-order valence-electron chi connectivity index (χ4n) is 1.94. The summed E-state index contributed by atoms with van der Waals surface area (Å²) in [4.78, 5) is 9.74. The van der Waals surface area contributed by atoms with Crippen molar-refractivity contribution < 1.29 is 38.1 Å². The molecular weight excluding hydrogens is 481 g/mol. The summed E-state index contributed by atoms with van der Waals surface area (Å²) in [5, 5.41) is 0. The third-order valence-corrected chi connectivity index (χ3v) is 50.3. The van der Waals surface area contributed by atoms with Gasteiger partial charge >= 0.3 is 8.60 Å². The Hall–Kier alpha value is 1.09. The molecule has 0 aromatic rings. The molecular formula is C6H20N3O9PS6. The van der Waals surface area contributed by atoms with Gasteiger partial charge in [0.05, 0.1) is 33.9 Å². The Morgan fingerprint density at radius 1 is 0.840 bits per heavy atom. The highest BCUT2D eigenvalue weighted by Crippen LogP contribution is 2.98. The van der Waals surface area contributed by atoms with Gasteiger partial charge in [-0.2, -0.15) is 0 Å². The Labute approximate surface area is 153 Å². The zero-order chi connectivity index (χ0) is 19.6. The van der Waals surface area contributed by atoms with Crippen LogP contribution in [0.5, 0.6) is 0 Å². The fraction of sp³-hybridized carbons (Fsp3) is 1.00. The van der Waals surface area contributed by atoms with Crippen LogP contribution in [-0.4, -0.2) is 67.0 Å². The van der Waals surface area contributed by atoms with Gasteiger partial charge in [0, 0.05) is 29.5 Å². The van der Waals surface area contributed by atoms with Crippen LogP contribution in [0.2, 0.25) is 0 Å². The highest BCUT2D eigenvalue weighted by Gasteiger charge is 2.74. The molecule has 19 heteroatoms. The molecule has 154 valence electrons. The van der Waals surface area contributed by atoms with Crippen molar-refractivity contribution in [3.8, 4) is 0 Å². The molecule has 0 bridgehead atoms. The van der Waals surface area contributed by atoms with Gasteiger partial charge in [0.15, 0.2) is 0 Å². The minimum atomic E-state index is -6.35. The summed E-state index contributed by atoms with van der Waals surface area (Å²) in [6.07, 6.45) is 0. The first-order valence-electron chi connectivity index (χ1n) is 6.40. The van der Waals surface area contributed by atoms with Crippen molar-refractivity contribution in [2.75, 3.05) is 36.9 Å². The van der Waals surface area contributed by atoms with E-state index in [1.54, 1.807) is 0 Å². The van der Waals surface area contributed by atoms with E-state index in [4.69, 9.17) is 21.2 Å². The Morgan fingerprint density at radius 2 is 1.20 bits per heavy atom. The predicted octanol–water partition coefficient (Wildman–Crippen LogP) is -1.68. The van der Waals surface area contributed by atoms with Crippen molar-refractivity contribution in [1.29, 1.82) is 0 Å². The summed E-state index contributed by atoms with van der Waals surface area (Å²) in [6.45, 7) is -1.68. The average Bonchev–Trinajstić information content (AvgIpc) is 2.46. The third kappa shape index (κ3) is 3.36. The van der Waals surface area contributed by atoms with Crippen LogP contribution in [0, 0.1) is 0 Å². The first kappa shape index (κ1) is 24.1. The lowest BCUT2D eigenvalue weighted by Gasteiger charge is -2.56. The molecule has 1 unspecified atom stereocenters. The highest BCUT2D eigenvalue weighted by molar-refractivity contribution is 9.74. The lowest BCUT2D eigenvalue weighted by Crippen LogP contribution is -2.45. The topological polar surface area (TPSA) is 219 Å². The highest BCUT2D eigenvalue weighted by atomic mass is 34.2. The van der Waals surface area contributed by atoms with E-state index in [9.17, 15) is 30.1 Å². The van der Waals surface area contributed by atoms with E-state index < -0.39 is 77.7 Å². The number of nitrogens with two attached hydrogens (primary N) is 3. The van der Waals surface area contributed by atoms with Gasteiger partial charge in [-0.25, -0.2) is 33.2 Å². The molecule has 1 aliphatic heterocycles. The molecule has 12 nitrogen and oxygen atoms in total. The minimum absolute atomic E-state index is 0.0690.